The summed E-state index contributed by atoms with van der Waals surface area (Å²) in [5.41, 5.74) is -0.863. The van der Waals surface area contributed by atoms with E-state index in [4.69, 9.17) is 0 Å². The first-order chi connectivity index (χ1) is 9.70. The molecule has 0 aliphatic rings. The zero-order valence-electron chi connectivity index (χ0n) is 11.7. The molecule has 8 heteroatoms. The Balaban J connectivity index is 2.41. The molecule has 118 valence electrons. The monoisotopic (exact) mass is 305 g/mol. The number of amides is 2. The molecule has 1 aromatic heterocycles. The van der Waals surface area contributed by atoms with Crippen molar-refractivity contribution in [1.29, 1.82) is 0 Å². The molecule has 0 spiro atoms. The summed E-state index contributed by atoms with van der Waals surface area (Å²) in [6.45, 7) is 3.98. The highest BCUT2D eigenvalue weighted by Gasteiger charge is 2.32. The second-order valence-electron chi connectivity index (χ2n) is 4.91. The van der Waals surface area contributed by atoms with Crippen LogP contribution in [0, 0.1) is 5.92 Å². The first-order valence-electron chi connectivity index (χ1n) is 6.46. The summed E-state index contributed by atoms with van der Waals surface area (Å²) in [6.07, 6.45) is -3.69. The normalized spacial score (nSPS) is 13.1. The van der Waals surface area contributed by atoms with Crippen molar-refractivity contribution in [3.8, 4) is 0 Å². The van der Waals surface area contributed by atoms with E-state index in [0.29, 0.717) is 6.42 Å². The van der Waals surface area contributed by atoms with Gasteiger partial charge in [-0.1, -0.05) is 13.8 Å². The molecule has 0 aromatic carbocycles. The fraction of sp³-hybridized carbons (Fsp3) is 0.538. The summed E-state index contributed by atoms with van der Waals surface area (Å²) in [7, 11) is 0. The number of pyridine rings is 1. The molecule has 21 heavy (non-hydrogen) atoms. The van der Waals surface area contributed by atoms with Crippen LogP contribution in [-0.2, 0) is 6.18 Å². The number of aliphatic hydroxyl groups excluding tert-OH is 1. The van der Waals surface area contributed by atoms with Gasteiger partial charge in [0, 0.05) is 6.54 Å². The van der Waals surface area contributed by atoms with Crippen LogP contribution in [0.4, 0.5) is 23.7 Å². The lowest BCUT2D eigenvalue weighted by molar-refractivity contribution is -0.141. The second-order valence-corrected chi connectivity index (χ2v) is 4.91. The summed E-state index contributed by atoms with van der Waals surface area (Å²) >= 11 is 0. The van der Waals surface area contributed by atoms with Crippen molar-refractivity contribution >= 4 is 11.7 Å². The van der Waals surface area contributed by atoms with Gasteiger partial charge in [-0.05, 0) is 24.5 Å². The largest absolute Gasteiger partial charge is 0.433 e. The highest BCUT2D eigenvalue weighted by molar-refractivity contribution is 5.88. The molecular formula is C13H18F3N3O2. The number of aromatic nitrogens is 1. The Labute approximate surface area is 120 Å². The number of anilines is 1. The number of rotatable bonds is 5. The molecule has 0 saturated heterocycles. The number of urea groups is 1. The third kappa shape index (κ3) is 5.99. The molecule has 0 saturated carbocycles. The van der Waals surface area contributed by atoms with E-state index in [1.165, 1.54) is 0 Å². The molecular weight excluding hydrogens is 287 g/mol. The van der Waals surface area contributed by atoms with Gasteiger partial charge < -0.3 is 15.7 Å². The van der Waals surface area contributed by atoms with Gasteiger partial charge in [0.05, 0.1) is 18.0 Å². The van der Waals surface area contributed by atoms with Crippen molar-refractivity contribution in [1.82, 2.24) is 10.3 Å². The van der Waals surface area contributed by atoms with E-state index >= 15 is 0 Å². The Hall–Kier alpha value is -1.83. The van der Waals surface area contributed by atoms with Crippen LogP contribution in [0.25, 0.3) is 0 Å². The van der Waals surface area contributed by atoms with Crippen molar-refractivity contribution in [3.05, 3.63) is 24.0 Å². The number of hydrogen-bond donors (Lipinski definition) is 3. The fourth-order valence-corrected chi connectivity index (χ4v) is 1.48. The Morgan fingerprint density at radius 2 is 2.05 bits per heavy atom. The lowest BCUT2D eigenvalue weighted by atomic mass is 10.0. The van der Waals surface area contributed by atoms with Gasteiger partial charge in [0.2, 0.25) is 0 Å². The van der Waals surface area contributed by atoms with Gasteiger partial charge in [0.25, 0.3) is 0 Å². The summed E-state index contributed by atoms with van der Waals surface area (Å²) in [5.74, 6) is 0.0916. The zero-order valence-corrected chi connectivity index (χ0v) is 11.7. The molecule has 1 atom stereocenters. The fourth-order valence-electron chi connectivity index (χ4n) is 1.48. The molecule has 1 heterocycles. The molecule has 1 rings (SSSR count). The molecule has 3 N–H and O–H groups in total. The van der Waals surface area contributed by atoms with Crippen molar-refractivity contribution < 1.29 is 23.1 Å². The van der Waals surface area contributed by atoms with Gasteiger partial charge in [-0.3, -0.25) is 0 Å². The lowest BCUT2D eigenvalue weighted by Crippen LogP contribution is -2.32. The van der Waals surface area contributed by atoms with Crippen molar-refractivity contribution in [2.24, 2.45) is 5.92 Å². The van der Waals surface area contributed by atoms with Crippen molar-refractivity contribution in [2.75, 3.05) is 11.9 Å². The standard InChI is InChI=1S/C13H18F3N3O2/c1-8(2)10(20)5-6-17-12(21)19-9-3-4-11(18-7-9)13(14,15)16/h3-4,7-8,10,20H,5-6H2,1-2H3,(H2,17,19,21). The summed E-state index contributed by atoms with van der Waals surface area (Å²) in [4.78, 5) is 14.7. The van der Waals surface area contributed by atoms with E-state index in [1.54, 1.807) is 0 Å². The highest BCUT2D eigenvalue weighted by Crippen LogP contribution is 2.27. The maximum atomic E-state index is 12.3. The average Bonchev–Trinajstić information content (AvgIpc) is 2.38. The number of aliphatic hydroxyl groups is 1. The molecule has 5 nitrogen and oxygen atoms in total. The first kappa shape index (κ1) is 17.2. The van der Waals surface area contributed by atoms with Crippen LogP contribution in [-0.4, -0.2) is 28.8 Å². The van der Waals surface area contributed by atoms with Crippen LogP contribution in [0.5, 0.6) is 0 Å². The summed E-state index contributed by atoms with van der Waals surface area (Å²) < 4.78 is 36.9. The van der Waals surface area contributed by atoms with Crippen molar-refractivity contribution in [3.63, 3.8) is 0 Å². The van der Waals surface area contributed by atoms with Crippen molar-refractivity contribution in [2.45, 2.75) is 32.5 Å². The van der Waals surface area contributed by atoms with Crippen LogP contribution in [0.1, 0.15) is 26.0 Å². The van der Waals surface area contributed by atoms with E-state index < -0.39 is 24.0 Å². The van der Waals surface area contributed by atoms with Gasteiger partial charge in [0.15, 0.2) is 0 Å². The minimum atomic E-state index is -4.51. The van der Waals surface area contributed by atoms with E-state index in [9.17, 15) is 23.1 Å². The predicted octanol–water partition coefficient (Wildman–Crippen LogP) is 2.63. The molecule has 1 unspecified atom stereocenters. The van der Waals surface area contributed by atoms with Crippen LogP contribution < -0.4 is 10.6 Å². The second kappa shape index (κ2) is 7.26. The van der Waals surface area contributed by atoms with E-state index in [0.717, 1.165) is 18.3 Å². The summed E-state index contributed by atoms with van der Waals surface area (Å²) in [6, 6.07) is 1.35. The minimum absolute atomic E-state index is 0.0916. The van der Waals surface area contributed by atoms with Gasteiger partial charge in [-0.2, -0.15) is 13.2 Å². The molecule has 2 amide bonds. The van der Waals surface area contributed by atoms with Crippen LogP contribution in [0.15, 0.2) is 18.3 Å². The topological polar surface area (TPSA) is 74.2 Å². The maximum Gasteiger partial charge on any atom is 0.433 e. The van der Waals surface area contributed by atoms with Gasteiger partial charge in [0.1, 0.15) is 5.69 Å². The number of halogens is 3. The highest BCUT2D eigenvalue weighted by atomic mass is 19.4. The smallest absolute Gasteiger partial charge is 0.393 e. The summed E-state index contributed by atoms with van der Waals surface area (Å²) in [5, 5.41) is 14.4. The van der Waals surface area contributed by atoms with Crippen LogP contribution in [0.3, 0.4) is 0 Å². The molecule has 0 fully saturated rings. The third-order valence-electron chi connectivity index (χ3n) is 2.81. The number of nitrogens with one attached hydrogen (secondary N) is 2. The maximum absolute atomic E-state index is 12.3. The molecule has 0 radical (unpaired) electrons. The van der Waals surface area contributed by atoms with Crippen LogP contribution in [0.2, 0.25) is 0 Å². The average molecular weight is 305 g/mol. The Morgan fingerprint density at radius 1 is 1.38 bits per heavy atom. The minimum Gasteiger partial charge on any atom is -0.393 e. The molecule has 0 aliphatic heterocycles. The quantitative estimate of drug-likeness (QED) is 0.783. The van der Waals surface area contributed by atoms with Gasteiger partial charge in [-0.15, -0.1) is 0 Å². The Kier molecular flexibility index (Phi) is 5.95. The predicted molar refractivity (Wildman–Crippen MR) is 71.7 cm³/mol. The molecule has 1 aromatic rings. The SMILES string of the molecule is CC(C)C(O)CCNC(=O)Nc1ccc(C(F)(F)F)nc1. The molecule has 0 aliphatic carbocycles. The number of hydrogen-bond acceptors (Lipinski definition) is 3. The van der Waals surface area contributed by atoms with E-state index in [2.05, 4.69) is 15.6 Å². The van der Waals surface area contributed by atoms with Gasteiger partial charge in [-0.25, -0.2) is 9.78 Å². The van der Waals surface area contributed by atoms with E-state index in [-0.39, 0.29) is 18.2 Å². The Bertz CT molecular complexity index is 461. The molecule has 0 bridgehead atoms. The van der Waals surface area contributed by atoms with Crippen LogP contribution >= 0.6 is 0 Å². The van der Waals surface area contributed by atoms with E-state index in [1.807, 2.05) is 13.8 Å². The number of carbonyl (C=O) groups is 1. The first-order valence-corrected chi connectivity index (χ1v) is 6.46. The third-order valence-corrected chi connectivity index (χ3v) is 2.81. The number of alkyl halides is 3. The zero-order chi connectivity index (χ0) is 16.0. The number of carbonyl (C=O) groups excluding carboxylic acids is 1. The lowest BCUT2D eigenvalue weighted by Gasteiger charge is -2.14. The number of nitrogens with zero attached hydrogens (tertiary/aromatic N) is 1. The van der Waals surface area contributed by atoms with Gasteiger partial charge >= 0.3 is 12.2 Å². The Morgan fingerprint density at radius 3 is 2.52 bits per heavy atom.